The largest absolute Gasteiger partial charge is 0.492 e. The number of benzene rings is 1. The second-order valence-corrected chi connectivity index (χ2v) is 7.93. The van der Waals surface area contributed by atoms with E-state index in [9.17, 15) is 0 Å². The maximum Gasteiger partial charge on any atom is 0.205 e. The van der Waals surface area contributed by atoms with Crippen LogP contribution in [0.25, 0.3) is 11.2 Å². The van der Waals surface area contributed by atoms with Crippen molar-refractivity contribution in [3.63, 3.8) is 0 Å². The predicted octanol–water partition coefficient (Wildman–Crippen LogP) is 4.35. The van der Waals surface area contributed by atoms with Gasteiger partial charge in [-0.2, -0.15) is 0 Å². The van der Waals surface area contributed by atoms with Crippen LogP contribution in [0.15, 0.2) is 15.3 Å². The summed E-state index contributed by atoms with van der Waals surface area (Å²) in [6, 6.07) is 0. The Balaban J connectivity index is 2.20. The van der Waals surface area contributed by atoms with E-state index in [1.165, 1.54) is 6.33 Å². The van der Waals surface area contributed by atoms with Crippen LogP contribution in [0.2, 0.25) is 0 Å². The summed E-state index contributed by atoms with van der Waals surface area (Å²) in [5.41, 5.74) is 8.31. The molecule has 2 N–H and O–H groups in total. The summed E-state index contributed by atoms with van der Waals surface area (Å²) in [5, 5.41) is 0. The number of hydrogen-bond donors (Lipinski definition) is 1. The van der Waals surface area contributed by atoms with E-state index in [1.807, 2.05) is 0 Å². The minimum atomic E-state index is 0.370. The van der Waals surface area contributed by atoms with Crippen molar-refractivity contribution in [3.8, 4) is 17.2 Å². The van der Waals surface area contributed by atoms with Gasteiger partial charge < -0.3 is 24.5 Å². The van der Waals surface area contributed by atoms with E-state index in [0.717, 1.165) is 45.4 Å². The molecule has 2 heterocycles. The number of aryl methyl sites for hydroxylation is 1. The molecule has 0 radical (unpaired) electrons. The molecule has 0 saturated carbocycles. The van der Waals surface area contributed by atoms with Gasteiger partial charge in [0.1, 0.15) is 12.2 Å². The second kappa shape index (κ2) is 9.17. The zero-order valence-corrected chi connectivity index (χ0v) is 19.9. The fourth-order valence-corrected chi connectivity index (χ4v) is 4.85. The third-order valence-electron chi connectivity index (χ3n) is 4.66. The van der Waals surface area contributed by atoms with Crippen molar-refractivity contribution in [2.45, 2.75) is 32.7 Å². The first-order chi connectivity index (χ1) is 14.0. The van der Waals surface area contributed by atoms with Crippen LogP contribution in [0.4, 0.5) is 5.82 Å². The number of hydrogen-bond acceptors (Lipinski definition) is 7. The van der Waals surface area contributed by atoms with Gasteiger partial charge in [0.25, 0.3) is 0 Å². The molecule has 0 bridgehead atoms. The maximum absolute atomic E-state index is 6.05. The molecule has 0 amide bonds. The molecule has 0 aliphatic rings. The third kappa shape index (κ3) is 3.87. The number of nitrogen functional groups attached to an aromatic ring is 1. The molecule has 0 aliphatic carbocycles. The number of fused-ring (bicyclic) bond motifs is 1. The number of methoxy groups -OCH3 is 3. The molecule has 0 fully saturated rings. The molecule has 3 rings (SSSR count). The molecule has 0 unspecified atom stereocenters. The standard InChI is InChI=1S/C19H23Br2N5O3/c1-5-6-7-26-11(25-14-18(22)23-9-24-19(14)26)8-10-12(20)15(27-2)17(29-4)16(28-3)13(10)21/h9H,5-8H2,1-4H3,(H2,22,23,24). The van der Waals surface area contributed by atoms with Gasteiger partial charge in [0.2, 0.25) is 5.75 Å². The number of nitrogens with zero attached hydrogens (tertiary/aromatic N) is 4. The molecule has 1 aromatic carbocycles. The van der Waals surface area contributed by atoms with Crippen LogP contribution in [-0.2, 0) is 13.0 Å². The normalized spacial score (nSPS) is 11.1. The lowest BCUT2D eigenvalue weighted by Crippen LogP contribution is -2.08. The van der Waals surface area contributed by atoms with E-state index < -0.39 is 0 Å². The van der Waals surface area contributed by atoms with Crippen LogP contribution >= 0.6 is 31.9 Å². The van der Waals surface area contributed by atoms with E-state index in [1.54, 1.807) is 21.3 Å². The number of aromatic nitrogens is 4. The van der Waals surface area contributed by atoms with Crippen molar-refractivity contribution in [2.75, 3.05) is 27.1 Å². The summed E-state index contributed by atoms with van der Waals surface area (Å²) in [7, 11) is 4.75. The molecule has 8 nitrogen and oxygen atoms in total. The highest BCUT2D eigenvalue weighted by Crippen LogP contribution is 2.50. The molecule has 29 heavy (non-hydrogen) atoms. The Morgan fingerprint density at radius 1 is 1.00 bits per heavy atom. The lowest BCUT2D eigenvalue weighted by molar-refractivity contribution is 0.321. The van der Waals surface area contributed by atoms with Crippen LogP contribution in [0.1, 0.15) is 31.2 Å². The van der Waals surface area contributed by atoms with Crippen molar-refractivity contribution in [2.24, 2.45) is 0 Å². The summed E-state index contributed by atoms with van der Waals surface area (Å²) >= 11 is 7.32. The minimum Gasteiger partial charge on any atom is -0.492 e. The Morgan fingerprint density at radius 2 is 1.62 bits per heavy atom. The third-order valence-corrected chi connectivity index (χ3v) is 6.34. The van der Waals surface area contributed by atoms with E-state index in [2.05, 4.69) is 53.3 Å². The second-order valence-electron chi connectivity index (χ2n) is 6.35. The van der Waals surface area contributed by atoms with Crippen LogP contribution in [0.3, 0.4) is 0 Å². The Kier molecular flexibility index (Phi) is 6.84. The van der Waals surface area contributed by atoms with Gasteiger partial charge in [0.15, 0.2) is 28.5 Å². The summed E-state index contributed by atoms with van der Waals surface area (Å²) < 4.78 is 20.3. The molecule has 0 spiro atoms. The first kappa shape index (κ1) is 21.6. The highest BCUT2D eigenvalue weighted by molar-refractivity contribution is 9.11. The van der Waals surface area contributed by atoms with Crippen LogP contribution < -0.4 is 19.9 Å². The summed E-state index contributed by atoms with van der Waals surface area (Å²) in [4.78, 5) is 13.2. The van der Waals surface area contributed by atoms with Crippen LogP contribution in [-0.4, -0.2) is 40.8 Å². The monoisotopic (exact) mass is 527 g/mol. The number of anilines is 1. The lowest BCUT2D eigenvalue weighted by Gasteiger charge is -2.19. The number of halogens is 2. The Labute approximate surface area is 186 Å². The summed E-state index contributed by atoms with van der Waals surface area (Å²) in [6.45, 7) is 2.94. The highest BCUT2D eigenvalue weighted by atomic mass is 79.9. The SMILES string of the molecule is CCCCn1c(Cc2c(Br)c(OC)c(OC)c(OC)c2Br)nc2c(N)ncnc21. The average Bonchev–Trinajstić information content (AvgIpc) is 3.07. The first-order valence-corrected chi connectivity index (χ1v) is 10.7. The number of unbranched alkanes of at least 4 members (excludes halogenated alkanes) is 1. The first-order valence-electron chi connectivity index (χ1n) is 9.09. The summed E-state index contributed by atoms with van der Waals surface area (Å²) in [6.07, 6.45) is 4.02. The van der Waals surface area contributed by atoms with Gasteiger partial charge >= 0.3 is 0 Å². The molecular formula is C19H23Br2N5O3. The topological polar surface area (TPSA) is 97.3 Å². The molecule has 3 aromatic rings. The van der Waals surface area contributed by atoms with Gasteiger partial charge in [-0.05, 0) is 43.8 Å². The van der Waals surface area contributed by atoms with Gasteiger partial charge in [-0.25, -0.2) is 15.0 Å². The average molecular weight is 529 g/mol. The molecule has 0 saturated heterocycles. The van der Waals surface area contributed by atoms with E-state index in [4.69, 9.17) is 24.9 Å². The molecule has 0 aliphatic heterocycles. The van der Waals surface area contributed by atoms with Crippen LogP contribution in [0.5, 0.6) is 17.2 Å². The van der Waals surface area contributed by atoms with E-state index in [0.29, 0.717) is 35.0 Å². The zero-order chi connectivity index (χ0) is 21.1. The molecule has 156 valence electrons. The fourth-order valence-electron chi connectivity index (χ4n) is 3.22. The van der Waals surface area contributed by atoms with Gasteiger partial charge in [-0.1, -0.05) is 13.3 Å². The molecule has 0 atom stereocenters. The lowest BCUT2D eigenvalue weighted by atomic mass is 10.1. The van der Waals surface area contributed by atoms with Crippen molar-refractivity contribution in [1.82, 2.24) is 19.5 Å². The Bertz CT molecular complexity index is 1010. The minimum absolute atomic E-state index is 0.370. The van der Waals surface area contributed by atoms with Gasteiger partial charge in [-0.15, -0.1) is 0 Å². The molecular weight excluding hydrogens is 506 g/mol. The van der Waals surface area contributed by atoms with Crippen molar-refractivity contribution in [3.05, 3.63) is 26.7 Å². The van der Waals surface area contributed by atoms with Gasteiger partial charge in [0, 0.05) is 13.0 Å². The quantitative estimate of drug-likeness (QED) is 0.464. The van der Waals surface area contributed by atoms with Crippen molar-refractivity contribution in [1.29, 1.82) is 0 Å². The summed E-state index contributed by atoms with van der Waals surface area (Å²) in [5.74, 6) is 2.81. The van der Waals surface area contributed by atoms with Crippen molar-refractivity contribution >= 4 is 48.8 Å². The highest BCUT2D eigenvalue weighted by Gasteiger charge is 2.26. The van der Waals surface area contributed by atoms with E-state index in [-0.39, 0.29) is 0 Å². The number of nitrogens with two attached hydrogens (primary N) is 1. The van der Waals surface area contributed by atoms with Gasteiger partial charge in [0.05, 0.1) is 30.3 Å². The van der Waals surface area contributed by atoms with Crippen molar-refractivity contribution < 1.29 is 14.2 Å². The van der Waals surface area contributed by atoms with E-state index >= 15 is 0 Å². The Hall–Kier alpha value is -2.07. The fraction of sp³-hybridized carbons (Fsp3) is 0.421. The number of ether oxygens (including phenoxy) is 3. The number of rotatable bonds is 8. The number of imidazole rings is 1. The maximum atomic E-state index is 6.05. The zero-order valence-electron chi connectivity index (χ0n) is 16.8. The predicted molar refractivity (Wildman–Crippen MR) is 119 cm³/mol. The molecule has 2 aromatic heterocycles. The smallest absolute Gasteiger partial charge is 0.205 e. The van der Waals surface area contributed by atoms with Crippen LogP contribution in [0, 0.1) is 0 Å². The van der Waals surface area contributed by atoms with Gasteiger partial charge in [-0.3, -0.25) is 0 Å². The molecule has 10 heteroatoms. The Morgan fingerprint density at radius 3 is 2.17 bits per heavy atom.